The van der Waals surface area contributed by atoms with E-state index in [0.717, 1.165) is 4.90 Å². The predicted octanol–water partition coefficient (Wildman–Crippen LogP) is 2.60. The lowest BCUT2D eigenvalue weighted by Crippen LogP contribution is -2.49. The molecular formula is C20H32N2O8. The first-order valence-electron chi connectivity index (χ1n) is 10.1. The standard InChI is InChI=1S/C20H32N2O8/c1-12-10-28-18(27)21(12)16(24)13(7-8-15(23)30-19(2,3)4)9-14-11-29-20(5,6)22(14)17(25)26/h12-14H,7-11H2,1-6H3,(H,25,26)/t12-,13-,14?/m1/s1. The minimum atomic E-state index is -1.16. The van der Waals surface area contributed by atoms with Crippen LogP contribution in [-0.4, -0.2) is 75.6 Å². The Hall–Kier alpha value is -2.36. The number of ether oxygens (including phenoxy) is 3. The second-order valence-corrected chi connectivity index (χ2v) is 9.26. The third kappa shape index (κ3) is 5.62. The summed E-state index contributed by atoms with van der Waals surface area (Å²) in [7, 11) is 0. The maximum atomic E-state index is 13.2. The molecule has 0 aromatic rings. The van der Waals surface area contributed by atoms with Crippen LogP contribution in [0, 0.1) is 5.92 Å². The molecule has 2 fully saturated rings. The first kappa shape index (κ1) is 23.9. The number of nitrogens with zero attached hydrogens (tertiary/aromatic N) is 2. The molecule has 0 radical (unpaired) electrons. The maximum Gasteiger partial charge on any atom is 0.416 e. The van der Waals surface area contributed by atoms with Crippen LogP contribution in [0.3, 0.4) is 0 Å². The molecule has 2 heterocycles. The molecule has 10 heteroatoms. The van der Waals surface area contributed by atoms with E-state index in [-0.39, 0.29) is 32.5 Å². The summed E-state index contributed by atoms with van der Waals surface area (Å²) in [5.74, 6) is -1.71. The molecule has 170 valence electrons. The summed E-state index contributed by atoms with van der Waals surface area (Å²) in [5, 5.41) is 9.61. The van der Waals surface area contributed by atoms with Gasteiger partial charge in [-0.1, -0.05) is 0 Å². The summed E-state index contributed by atoms with van der Waals surface area (Å²) in [6, 6.07) is -1.01. The Morgan fingerprint density at radius 3 is 2.40 bits per heavy atom. The molecule has 3 atom stereocenters. The number of imide groups is 1. The summed E-state index contributed by atoms with van der Waals surface area (Å²) in [5.41, 5.74) is -1.69. The van der Waals surface area contributed by atoms with Gasteiger partial charge >= 0.3 is 18.2 Å². The van der Waals surface area contributed by atoms with Crippen LogP contribution in [0.25, 0.3) is 0 Å². The van der Waals surface area contributed by atoms with Gasteiger partial charge in [-0.15, -0.1) is 0 Å². The molecule has 0 spiro atoms. The number of amides is 3. The number of esters is 1. The van der Waals surface area contributed by atoms with Crippen molar-refractivity contribution in [3.63, 3.8) is 0 Å². The molecule has 1 N–H and O–H groups in total. The van der Waals surface area contributed by atoms with Gasteiger partial charge in [0.15, 0.2) is 0 Å². The molecule has 2 aliphatic heterocycles. The fourth-order valence-electron chi connectivity index (χ4n) is 3.82. The molecule has 2 rings (SSSR count). The third-order valence-corrected chi connectivity index (χ3v) is 5.13. The largest absolute Gasteiger partial charge is 0.465 e. The Kier molecular flexibility index (Phi) is 7.01. The molecule has 0 saturated carbocycles. The van der Waals surface area contributed by atoms with Crippen molar-refractivity contribution in [2.45, 2.75) is 84.2 Å². The minimum absolute atomic E-state index is 0.0328. The van der Waals surface area contributed by atoms with Crippen LogP contribution in [0.2, 0.25) is 0 Å². The average Bonchev–Trinajstić information content (AvgIpc) is 3.07. The Bertz CT molecular complexity index is 699. The van der Waals surface area contributed by atoms with E-state index in [2.05, 4.69) is 0 Å². The second-order valence-electron chi connectivity index (χ2n) is 9.26. The number of carbonyl (C=O) groups is 4. The quantitative estimate of drug-likeness (QED) is 0.641. The van der Waals surface area contributed by atoms with Gasteiger partial charge in [0.1, 0.15) is 17.9 Å². The lowest BCUT2D eigenvalue weighted by Gasteiger charge is -2.33. The molecule has 2 aliphatic rings. The zero-order valence-electron chi connectivity index (χ0n) is 18.5. The van der Waals surface area contributed by atoms with Gasteiger partial charge in [-0.05, 0) is 54.4 Å². The Morgan fingerprint density at radius 2 is 1.90 bits per heavy atom. The van der Waals surface area contributed by atoms with Crippen LogP contribution in [0.15, 0.2) is 0 Å². The highest BCUT2D eigenvalue weighted by Gasteiger charge is 2.47. The highest BCUT2D eigenvalue weighted by Crippen LogP contribution is 2.33. The molecule has 10 nitrogen and oxygen atoms in total. The molecular weight excluding hydrogens is 396 g/mol. The lowest BCUT2D eigenvalue weighted by atomic mass is 9.92. The van der Waals surface area contributed by atoms with Crippen LogP contribution in [0.5, 0.6) is 0 Å². The Labute approximate surface area is 176 Å². The number of cyclic esters (lactones) is 1. The fraction of sp³-hybridized carbons (Fsp3) is 0.800. The van der Waals surface area contributed by atoms with Crippen molar-refractivity contribution in [3.05, 3.63) is 0 Å². The van der Waals surface area contributed by atoms with Gasteiger partial charge < -0.3 is 19.3 Å². The smallest absolute Gasteiger partial charge is 0.416 e. The number of hydrogen-bond acceptors (Lipinski definition) is 7. The number of rotatable bonds is 6. The Balaban J connectivity index is 2.18. The van der Waals surface area contributed by atoms with Crippen molar-refractivity contribution in [1.82, 2.24) is 9.80 Å². The van der Waals surface area contributed by atoms with Crippen LogP contribution in [-0.2, 0) is 23.8 Å². The van der Waals surface area contributed by atoms with Crippen LogP contribution >= 0.6 is 0 Å². The van der Waals surface area contributed by atoms with Gasteiger partial charge in [0.25, 0.3) is 0 Å². The zero-order valence-corrected chi connectivity index (χ0v) is 18.5. The SMILES string of the molecule is C[C@@H]1COC(=O)N1C(=O)[C@H](CCC(=O)OC(C)(C)C)CC1COC(C)(C)N1C(=O)O. The van der Waals surface area contributed by atoms with Crippen molar-refractivity contribution < 1.29 is 38.5 Å². The van der Waals surface area contributed by atoms with Crippen molar-refractivity contribution in [1.29, 1.82) is 0 Å². The van der Waals surface area contributed by atoms with Crippen LogP contribution < -0.4 is 0 Å². The highest BCUT2D eigenvalue weighted by atomic mass is 16.6. The summed E-state index contributed by atoms with van der Waals surface area (Å²) < 4.78 is 15.9. The van der Waals surface area contributed by atoms with Gasteiger partial charge in [-0.3, -0.25) is 14.5 Å². The van der Waals surface area contributed by atoms with Crippen molar-refractivity contribution >= 4 is 24.1 Å². The summed E-state index contributed by atoms with van der Waals surface area (Å²) >= 11 is 0. The monoisotopic (exact) mass is 428 g/mol. The topological polar surface area (TPSA) is 123 Å². The molecule has 3 amide bonds. The number of carbonyl (C=O) groups excluding carboxylic acids is 3. The van der Waals surface area contributed by atoms with E-state index < -0.39 is 53.4 Å². The zero-order chi connectivity index (χ0) is 22.9. The van der Waals surface area contributed by atoms with Crippen LogP contribution in [0.4, 0.5) is 9.59 Å². The van der Waals surface area contributed by atoms with Crippen molar-refractivity contribution in [3.8, 4) is 0 Å². The van der Waals surface area contributed by atoms with E-state index in [1.807, 2.05) is 0 Å². The Morgan fingerprint density at radius 1 is 1.27 bits per heavy atom. The van der Waals surface area contributed by atoms with E-state index >= 15 is 0 Å². The third-order valence-electron chi connectivity index (χ3n) is 5.13. The van der Waals surface area contributed by atoms with E-state index in [1.54, 1.807) is 41.5 Å². The summed E-state index contributed by atoms with van der Waals surface area (Å²) in [6.45, 7) is 10.4. The van der Waals surface area contributed by atoms with Crippen molar-refractivity contribution in [2.75, 3.05) is 13.2 Å². The van der Waals surface area contributed by atoms with Crippen molar-refractivity contribution in [2.24, 2.45) is 5.92 Å². The van der Waals surface area contributed by atoms with E-state index in [9.17, 15) is 24.3 Å². The minimum Gasteiger partial charge on any atom is -0.465 e. The van der Waals surface area contributed by atoms with Crippen LogP contribution in [0.1, 0.15) is 60.8 Å². The number of hydrogen-bond donors (Lipinski definition) is 1. The van der Waals surface area contributed by atoms with E-state index in [4.69, 9.17) is 14.2 Å². The van der Waals surface area contributed by atoms with Gasteiger partial charge in [-0.2, -0.15) is 0 Å². The predicted molar refractivity (Wildman–Crippen MR) is 105 cm³/mol. The average molecular weight is 428 g/mol. The lowest BCUT2D eigenvalue weighted by molar-refractivity contribution is -0.155. The molecule has 0 aliphatic carbocycles. The molecule has 1 unspecified atom stereocenters. The number of carboxylic acid groups (broad SMARTS) is 1. The van der Waals surface area contributed by atoms with Gasteiger partial charge in [-0.25, -0.2) is 14.5 Å². The van der Waals surface area contributed by atoms with Gasteiger partial charge in [0, 0.05) is 12.3 Å². The maximum absolute atomic E-state index is 13.2. The van der Waals surface area contributed by atoms with E-state index in [1.165, 1.54) is 4.90 Å². The first-order valence-corrected chi connectivity index (χ1v) is 10.1. The molecule has 0 aromatic carbocycles. The molecule has 2 saturated heterocycles. The first-order chi connectivity index (χ1) is 13.7. The van der Waals surface area contributed by atoms with Gasteiger partial charge in [0.2, 0.25) is 5.91 Å². The van der Waals surface area contributed by atoms with Gasteiger partial charge in [0.05, 0.1) is 18.7 Å². The van der Waals surface area contributed by atoms with E-state index in [0.29, 0.717) is 0 Å². The normalized spacial score (nSPS) is 24.5. The highest BCUT2D eigenvalue weighted by molar-refractivity contribution is 5.95. The second kappa shape index (κ2) is 8.79. The fourth-order valence-corrected chi connectivity index (χ4v) is 3.82. The molecule has 0 aromatic heterocycles. The summed E-state index contributed by atoms with van der Waals surface area (Å²) in [4.78, 5) is 51.4. The molecule has 30 heavy (non-hydrogen) atoms. The summed E-state index contributed by atoms with van der Waals surface area (Å²) in [6.07, 6.45) is -1.68. The molecule has 0 bridgehead atoms.